The quantitative estimate of drug-likeness (QED) is 0.0477. The number of carbonyl (C=O) groups is 2. The highest BCUT2D eigenvalue weighted by Gasteiger charge is 2.78. The molecule has 272 valence electrons. The van der Waals surface area contributed by atoms with Crippen LogP contribution < -0.4 is 23.8 Å². The first-order chi connectivity index (χ1) is 24.0. The summed E-state index contributed by atoms with van der Waals surface area (Å²) in [5.41, 5.74) is 2.11. The molecule has 0 amide bonds. The summed E-state index contributed by atoms with van der Waals surface area (Å²) < 4.78 is 39.1. The molecule has 3 atom stereocenters. The predicted octanol–water partition coefficient (Wildman–Crippen LogP) is 5.94. The summed E-state index contributed by atoms with van der Waals surface area (Å²) >= 11 is 1.39. The number of ether oxygens (including phenoxy) is 7. The number of hydrogen-bond acceptors (Lipinski definition) is 12. The van der Waals surface area contributed by atoms with Gasteiger partial charge in [-0.1, -0.05) is 51.9 Å². The van der Waals surface area contributed by atoms with E-state index in [0.29, 0.717) is 34.3 Å². The summed E-state index contributed by atoms with van der Waals surface area (Å²) in [6.45, 7) is 10.8. The summed E-state index contributed by atoms with van der Waals surface area (Å²) in [5, 5.41) is 0. The molecule has 2 aliphatic heterocycles. The third-order valence-corrected chi connectivity index (χ3v) is 13.2. The van der Waals surface area contributed by atoms with E-state index in [1.54, 1.807) is 43.4 Å². The van der Waals surface area contributed by atoms with Gasteiger partial charge >= 0.3 is 11.9 Å². The first kappa shape index (κ1) is 37.4. The fraction of sp³-hybridized carbons (Fsp3) is 0.528. The predicted molar refractivity (Wildman–Crippen MR) is 191 cm³/mol. The minimum absolute atomic E-state index is 0.00657. The van der Waals surface area contributed by atoms with E-state index in [1.807, 2.05) is 24.3 Å². The summed E-state index contributed by atoms with van der Waals surface area (Å²) in [4.78, 5) is 37.4. The summed E-state index contributed by atoms with van der Waals surface area (Å²) in [5.74, 6) is 1.10. The highest BCUT2D eigenvalue weighted by atomic mass is 32.2. The average Bonchev–Trinajstić information content (AvgIpc) is 3.38. The van der Waals surface area contributed by atoms with E-state index in [-0.39, 0.29) is 38.9 Å². The Morgan fingerprint density at radius 1 is 1.06 bits per heavy atom. The summed E-state index contributed by atoms with van der Waals surface area (Å²) in [6, 6.07) is 10.9. The van der Waals surface area contributed by atoms with Gasteiger partial charge in [-0.15, -0.1) is 11.8 Å². The summed E-state index contributed by atoms with van der Waals surface area (Å²) in [7, 11) is 1.25. The lowest BCUT2D eigenvalue weighted by atomic mass is 9.79. The molecule has 50 heavy (non-hydrogen) atoms. The molecule has 1 aromatic heterocycles. The monoisotopic (exact) mass is 728 g/mol. The zero-order valence-corrected chi connectivity index (χ0v) is 31.8. The lowest BCUT2D eigenvalue weighted by molar-refractivity contribution is -0.145. The lowest BCUT2D eigenvalue weighted by Gasteiger charge is -2.29. The van der Waals surface area contributed by atoms with Crippen LogP contribution in [0.25, 0.3) is 0 Å². The van der Waals surface area contributed by atoms with Gasteiger partial charge in [0, 0.05) is 18.1 Å². The molecule has 1 fully saturated rings. The van der Waals surface area contributed by atoms with E-state index >= 15 is 0 Å². The lowest BCUT2D eigenvalue weighted by Crippen LogP contribution is -2.42. The Kier molecular flexibility index (Phi) is 11.9. The molecule has 14 heteroatoms. The molecule has 3 heterocycles. The van der Waals surface area contributed by atoms with Gasteiger partial charge in [-0.25, -0.2) is 9.78 Å². The van der Waals surface area contributed by atoms with Crippen molar-refractivity contribution >= 4 is 31.8 Å². The molecule has 3 unspecified atom stereocenters. The Morgan fingerprint density at radius 2 is 1.86 bits per heavy atom. The molecule has 0 spiro atoms. The second-order valence-electron chi connectivity index (χ2n) is 13.3. The Bertz CT molecular complexity index is 1640. The number of carbonyl (C=O) groups excluding carboxylic acids is 2. The molecule has 0 saturated carbocycles. The van der Waals surface area contributed by atoms with Crippen molar-refractivity contribution in [1.29, 1.82) is 0 Å². The number of thioether (sulfide) groups is 1. The summed E-state index contributed by atoms with van der Waals surface area (Å²) in [6.07, 6.45) is 7.84. The standard InChI is InChI=1S/C36H48N2O10SSi/c1-8-10-11-12-33(50(5,6)7)47-24-48-38-22-37-20-31(38)36(27-15-14-26(41-3)18-29(27)44-21-32(39)43-9-2)35(49-36,34(40)42-4)19-25-13-16-28-30(17-25)46-23-45-28/h13-18,20,22,33H,8-12,19,21,23-24H2,1-7H3. The van der Waals surface area contributed by atoms with Crippen LogP contribution in [0, 0.1) is 0 Å². The van der Waals surface area contributed by atoms with Crippen LogP contribution in [0.1, 0.15) is 56.4 Å². The molecule has 5 rings (SSSR count). The van der Waals surface area contributed by atoms with Gasteiger partial charge in [0.1, 0.15) is 27.3 Å². The van der Waals surface area contributed by atoms with Gasteiger partial charge in [0.15, 0.2) is 18.1 Å². The van der Waals surface area contributed by atoms with Crippen LogP contribution in [0.15, 0.2) is 48.9 Å². The maximum Gasteiger partial charge on any atom is 0.344 e. The fourth-order valence-corrected chi connectivity index (χ4v) is 9.77. The number of aromatic nitrogens is 2. The largest absolute Gasteiger partial charge is 0.497 e. The smallest absolute Gasteiger partial charge is 0.344 e. The molecule has 0 radical (unpaired) electrons. The van der Waals surface area contributed by atoms with E-state index in [9.17, 15) is 9.59 Å². The highest BCUT2D eigenvalue weighted by Crippen LogP contribution is 2.76. The van der Waals surface area contributed by atoms with Gasteiger partial charge < -0.3 is 38.0 Å². The fourth-order valence-electron chi connectivity index (χ4n) is 6.35. The highest BCUT2D eigenvalue weighted by molar-refractivity contribution is 8.10. The van der Waals surface area contributed by atoms with Gasteiger partial charge in [0.2, 0.25) is 13.6 Å². The van der Waals surface area contributed by atoms with Crippen LogP contribution in [0.3, 0.4) is 0 Å². The Hall–Kier alpha value is -3.88. The van der Waals surface area contributed by atoms with E-state index in [4.69, 9.17) is 38.0 Å². The molecule has 2 aliphatic rings. The molecule has 1 saturated heterocycles. The van der Waals surface area contributed by atoms with Crippen molar-refractivity contribution in [3.05, 3.63) is 65.7 Å². The number of unbranched alkanes of at least 4 members (excludes halogenated alkanes) is 2. The number of fused-ring (bicyclic) bond motifs is 1. The van der Waals surface area contributed by atoms with Crippen molar-refractivity contribution in [3.63, 3.8) is 0 Å². The number of methoxy groups -OCH3 is 2. The average molecular weight is 729 g/mol. The molecule has 2 aromatic carbocycles. The van der Waals surface area contributed by atoms with Crippen LogP contribution in [0.4, 0.5) is 0 Å². The van der Waals surface area contributed by atoms with Gasteiger partial charge in [0.05, 0.1) is 46.5 Å². The number of hydrogen-bond donors (Lipinski definition) is 0. The Balaban J connectivity index is 1.57. The normalized spacial score (nSPS) is 19.8. The van der Waals surface area contributed by atoms with Crippen molar-refractivity contribution in [3.8, 4) is 23.0 Å². The SMILES string of the molecule is CCCCCC(OCOn1cncc1C1(c2ccc(OC)cc2OCC(=O)OCC)SC1(Cc1ccc2c(c1)OCO2)C(=O)OC)[Si](C)(C)C. The molecule has 12 nitrogen and oxygen atoms in total. The molecule has 0 N–H and O–H groups in total. The van der Waals surface area contributed by atoms with E-state index in [2.05, 4.69) is 31.5 Å². The number of esters is 2. The molecular formula is C36H48N2O10SSi. The van der Waals surface area contributed by atoms with Gasteiger partial charge in [-0.2, -0.15) is 4.73 Å². The number of benzene rings is 2. The zero-order chi connectivity index (χ0) is 35.9. The topological polar surface area (TPSA) is 126 Å². The first-order valence-electron chi connectivity index (χ1n) is 16.9. The number of imidazole rings is 1. The van der Waals surface area contributed by atoms with Crippen molar-refractivity contribution < 1.29 is 47.6 Å². The minimum Gasteiger partial charge on any atom is -0.497 e. The third-order valence-electron chi connectivity index (χ3n) is 8.94. The van der Waals surface area contributed by atoms with Crippen molar-refractivity contribution in [2.75, 3.05) is 41.0 Å². The van der Waals surface area contributed by atoms with Crippen LogP contribution >= 0.6 is 11.8 Å². The van der Waals surface area contributed by atoms with Crippen molar-refractivity contribution in [2.45, 2.75) is 80.8 Å². The van der Waals surface area contributed by atoms with Crippen LogP contribution in [0.2, 0.25) is 19.6 Å². The molecular weight excluding hydrogens is 681 g/mol. The van der Waals surface area contributed by atoms with Gasteiger partial charge in [-0.05, 0) is 43.2 Å². The van der Waals surface area contributed by atoms with Crippen molar-refractivity contribution in [2.24, 2.45) is 0 Å². The Labute approximate surface area is 299 Å². The van der Waals surface area contributed by atoms with Crippen molar-refractivity contribution in [1.82, 2.24) is 9.71 Å². The van der Waals surface area contributed by atoms with Crippen LogP contribution in [-0.2, 0) is 35.0 Å². The van der Waals surface area contributed by atoms with Gasteiger partial charge in [-0.3, -0.25) is 4.79 Å². The third kappa shape index (κ3) is 7.71. The van der Waals surface area contributed by atoms with E-state index < -0.39 is 29.5 Å². The second-order valence-corrected chi connectivity index (χ2v) is 20.2. The van der Waals surface area contributed by atoms with Crippen LogP contribution in [-0.4, -0.2) is 81.2 Å². The molecule has 0 bridgehead atoms. The maximum atomic E-state index is 14.1. The minimum atomic E-state index is -1.66. The first-order valence-corrected chi connectivity index (χ1v) is 21.3. The maximum absolute atomic E-state index is 14.1. The second kappa shape index (κ2) is 16.0. The number of rotatable bonds is 19. The van der Waals surface area contributed by atoms with Gasteiger partial charge in [0.25, 0.3) is 0 Å². The zero-order valence-electron chi connectivity index (χ0n) is 29.9. The Morgan fingerprint density at radius 3 is 2.58 bits per heavy atom. The van der Waals surface area contributed by atoms with E-state index in [1.165, 1.54) is 18.9 Å². The van der Waals surface area contributed by atoms with E-state index in [0.717, 1.165) is 31.2 Å². The molecule has 0 aliphatic carbocycles. The molecule has 3 aromatic rings. The number of nitrogens with zero attached hydrogens (tertiary/aromatic N) is 2. The van der Waals surface area contributed by atoms with Crippen LogP contribution in [0.5, 0.6) is 23.0 Å².